The van der Waals surface area contributed by atoms with E-state index in [0.717, 1.165) is 96.3 Å². The number of rotatable bonds is 20. The average Bonchev–Trinajstić information content (AvgIpc) is 1.57. The van der Waals surface area contributed by atoms with Crippen LogP contribution in [0.4, 0.5) is 42.9 Å². The van der Waals surface area contributed by atoms with Gasteiger partial charge in [-0.3, -0.25) is 0 Å². The fourth-order valence-corrected chi connectivity index (χ4v) is 12.5. The maximum absolute atomic E-state index is 15.5. The molecule has 0 heterocycles. The van der Waals surface area contributed by atoms with Gasteiger partial charge in [0.1, 0.15) is 36.3 Å². The van der Waals surface area contributed by atoms with Crippen LogP contribution >= 0.6 is 0 Å². The molecule has 0 saturated carbocycles. The average molecular weight is 1130 g/mol. The van der Waals surface area contributed by atoms with Crippen LogP contribution in [-0.2, 0) is 18.3 Å². The summed E-state index contributed by atoms with van der Waals surface area (Å²) in [4.78, 5) is 4.26. The number of halogens is 2. The van der Waals surface area contributed by atoms with Crippen molar-refractivity contribution >= 4 is 34.1 Å². The van der Waals surface area contributed by atoms with E-state index >= 15 is 8.78 Å². The summed E-state index contributed by atoms with van der Waals surface area (Å²) in [6, 6.07) is 98.9. The molecule has 13 rings (SSSR count). The minimum atomic E-state index is -0.690. The van der Waals surface area contributed by atoms with Gasteiger partial charge in [0.25, 0.3) is 0 Å². The molecular weight excluding hydrogens is 1070 g/mol. The molecule has 0 spiro atoms. The van der Waals surface area contributed by atoms with Crippen LogP contribution < -0.4 is 19.3 Å². The molecule has 12 aromatic rings. The van der Waals surface area contributed by atoms with Crippen LogP contribution in [0.3, 0.4) is 0 Å². The van der Waals surface area contributed by atoms with Gasteiger partial charge in [-0.25, -0.2) is 8.78 Å². The lowest BCUT2D eigenvalue weighted by molar-refractivity contribution is 0.363. The van der Waals surface area contributed by atoms with E-state index in [9.17, 15) is 0 Å². The van der Waals surface area contributed by atoms with Crippen molar-refractivity contribution in [3.63, 3.8) is 0 Å². The normalized spacial score (nSPS) is 13.0. The van der Waals surface area contributed by atoms with Crippen LogP contribution in [0, 0.1) is 11.6 Å². The Morgan fingerprint density at radius 3 is 1.36 bits per heavy atom. The zero-order valence-corrected chi connectivity index (χ0v) is 48.1. The molecule has 0 N–H and O–H groups in total. The Morgan fingerprint density at radius 2 is 0.770 bits per heavy atom. The van der Waals surface area contributed by atoms with Gasteiger partial charge in [-0.15, -0.1) is 0 Å². The number of hydrogen-bond donors (Lipinski definition) is 0. The summed E-state index contributed by atoms with van der Waals surface area (Å²) in [5.74, 6) is 0.928. The van der Waals surface area contributed by atoms with Crippen molar-refractivity contribution in [3.05, 3.63) is 373 Å². The Bertz CT molecular complexity index is 4390. The van der Waals surface area contributed by atoms with Gasteiger partial charge in [-0.05, 0) is 200 Å². The van der Waals surface area contributed by atoms with Crippen LogP contribution in [-0.4, -0.2) is 13.2 Å². The van der Waals surface area contributed by atoms with Gasteiger partial charge >= 0.3 is 0 Å². The van der Waals surface area contributed by atoms with E-state index in [0.29, 0.717) is 31.0 Å². The van der Waals surface area contributed by atoms with Crippen molar-refractivity contribution in [1.29, 1.82) is 0 Å². The largest absolute Gasteiger partial charge is 0.490 e. The van der Waals surface area contributed by atoms with Crippen molar-refractivity contribution in [2.45, 2.75) is 18.3 Å². The Morgan fingerprint density at radius 1 is 0.333 bits per heavy atom. The van der Waals surface area contributed by atoms with Crippen LogP contribution in [0.2, 0.25) is 0 Å². The van der Waals surface area contributed by atoms with Gasteiger partial charge in [-0.1, -0.05) is 207 Å². The highest BCUT2D eigenvalue weighted by atomic mass is 19.1. The lowest BCUT2D eigenvalue weighted by Gasteiger charge is -2.35. The second-order valence-corrected chi connectivity index (χ2v) is 21.8. The number of hydrogen-bond acceptors (Lipinski definition) is 4. The fourth-order valence-electron chi connectivity index (χ4n) is 12.5. The minimum Gasteiger partial charge on any atom is -0.490 e. The molecule has 1 aliphatic carbocycles. The quantitative estimate of drug-likeness (QED) is 0.0710. The van der Waals surface area contributed by atoms with Crippen molar-refractivity contribution in [1.82, 2.24) is 0 Å². The highest BCUT2D eigenvalue weighted by molar-refractivity contribution is 5.90. The maximum Gasteiger partial charge on any atom is 0.125 e. The summed E-state index contributed by atoms with van der Waals surface area (Å²) in [6.45, 7) is 8.49. The number of ether oxygens (including phenoxy) is 2. The third kappa shape index (κ3) is 11.2. The SMILES string of the molecule is C=CCOc1ccc(Cc2ccccc2-c2ccc(N(c3ccc(-c4ccc(N(c5cccc(F)c5)c5ccc6c(c5)C(c5ccccc5)(c5ccc(OCC=C)cc5)c5ccccc5-6)cc4)cc3)c3cccc(F)c3)cc2Cc2ccccc2)cc1. The Hall–Kier alpha value is -10.8. The fraction of sp³-hybridized carbons (Fsp3) is 0.0617. The molecule has 1 unspecified atom stereocenters. The molecule has 0 aromatic heterocycles. The predicted molar refractivity (Wildman–Crippen MR) is 354 cm³/mol. The number of anilines is 6. The standard InChI is InChI=1S/C81H62F2N2O2/c1-3-49-86-73-43-29-58(30-44-73)51-61-19-11-12-26-75(61)76-47-41-71(53-62(76)52-57-17-7-5-8-18-57)84(69-24-15-22-65(82)54-69)67-37-31-59(32-38-67)60-33-39-68(40-34-60)85(70-25-16-23-66(83)55-70)72-42-48-78-77-27-13-14-28-79(77)81(80(78)56-72,63-20-9-6-10-21-63)64-35-45-74(46-36-64)87-50-4-2/h3-48,53-56H,1-2,49-52H2. The molecule has 6 heteroatoms. The molecule has 0 bridgehead atoms. The van der Waals surface area contributed by atoms with E-state index in [1.165, 1.54) is 34.4 Å². The molecule has 0 radical (unpaired) electrons. The summed E-state index contributed by atoms with van der Waals surface area (Å²) in [7, 11) is 0. The molecule has 1 aliphatic rings. The third-order valence-electron chi connectivity index (χ3n) is 16.4. The summed E-state index contributed by atoms with van der Waals surface area (Å²) in [5, 5.41) is 0. The van der Waals surface area contributed by atoms with Crippen LogP contribution in [0.1, 0.15) is 44.5 Å². The lowest BCUT2D eigenvalue weighted by atomic mass is 9.67. The van der Waals surface area contributed by atoms with Crippen molar-refractivity contribution in [2.75, 3.05) is 23.0 Å². The maximum atomic E-state index is 15.5. The van der Waals surface area contributed by atoms with Crippen molar-refractivity contribution < 1.29 is 18.3 Å². The minimum absolute atomic E-state index is 0.322. The summed E-state index contributed by atoms with van der Waals surface area (Å²) in [6.07, 6.45) is 4.93. The number of nitrogens with zero attached hydrogens (tertiary/aromatic N) is 2. The summed E-state index contributed by atoms with van der Waals surface area (Å²) < 4.78 is 42.6. The molecule has 422 valence electrons. The van der Waals surface area contributed by atoms with Gasteiger partial charge in [0.15, 0.2) is 0 Å². The van der Waals surface area contributed by atoms with Gasteiger partial charge in [0.05, 0.1) is 5.41 Å². The summed E-state index contributed by atoms with van der Waals surface area (Å²) in [5.41, 5.74) is 20.1. The topological polar surface area (TPSA) is 24.9 Å². The monoisotopic (exact) mass is 1130 g/mol. The van der Waals surface area contributed by atoms with Crippen molar-refractivity contribution in [3.8, 4) is 44.9 Å². The smallest absolute Gasteiger partial charge is 0.125 e. The molecule has 0 fully saturated rings. The Kier molecular flexibility index (Phi) is 15.8. The van der Waals surface area contributed by atoms with Crippen molar-refractivity contribution in [2.24, 2.45) is 0 Å². The molecule has 0 saturated heterocycles. The van der Waals surface area contributed by atoms with Crippen LogP contribution in [0.25, 0.3) is 33.4 Å². The van der Waals surface area contributed by atoms with Crippen LogP contribution in [0.5, 0.6) is 11.5 Å². The molecule has 4 nitrogen and oxygen atoms in total. The Labute approximate surface area is 508 Å². The zero-order chi connectivity index (χ0) is 59.1. The molecule has 0 aliphatic heterocycles. The zero-order valence-electron chi connectivity index (χ0n) is 48.1. The van der Waals surface area contributed by atoms with E-state index < -0.39 is 5.41 Å². The first-order chi connectivity index (χ1) is 42.8. The molecule has 87 heavy (non-hydrogen) atoms. The molecular formula is C81H62F2N2O2. The highest BCUT2D eigenvalue weighted by Gasteiger charge is 2.46. The third-order valence-corrected chi connectivity index (χ3v) is 16.4. The van der Waals surface area contributed by atoms with Gasteiger partial charge in [0.2, 0.25) is 0 Å². The number of fused-ring (bicyclic) bond motifs is 3. The van der Waals surface area contributed by atoms with Crippen LogP contribution in [0.15, 0.2) is 316 Å². The first-order valence-electron chi connectivity index (χ1n) is 29.4. The van der Waals surface area contributed by atoms with E-state index in [1.807, 2.05) is 42.5 Å². The first kappa shape index (κ1) is 55.4. The summed E-state index contributed by atoms with van der Waals surface area (Å²) >= 11 is 0. The second kappa shape index (κ2) is 24.8. The van der Waals surface area contributed by atoms with Gasteiger partial charge in [-0.2, -0.15) is 0 Å². The molecule has 12 aromatic carbocycles. The first-order valence-corrected chi connectivity index (χ1v) is 29.4. The Balaban J connectivity index is 0.857. The highest BCUT2D eigenvalue weighted by Crippen LogP contribution is 2.57. The lowest BCUT2D eigenvalue weighted by Crippen LogP contribution is -2.28. The van der Waals surface area contributed by atoms with E-state index in [1.54, 1.807) is 36.4 Å². The van der Waals surface area contributed by atoms with E-state index in [4.69, 9.17) is 9.47 Å². The van der Waals surface area contributed by atoms with Gasteiger partial charge < -0.3 is 19.3 Å². The predicted octanol–water partition coefficient (Wildman–Crippen LogP) is 20.9. The van der Waals surface area contributed by atoms with Gasteiger partial charge in [0, 0.05) is 34.1 Å². The molecule has 0 amide bonds. The van der Waals surface area contributed by atoms with E-state index in [2.05, 4.69) is 235 Å². The second-order valence-electron chi connectivity index (χ2n) is 21.8. The van der Waals surface area contributed by atoms with E-state index in [-0.39, 0.29) is 11.6 Å². The molecule has 1 atom stereocenters. The number of benzene rings is 12.